The Bertz CT molecular complexity index is 356. The first-order valence-electron chi connectivity index (χ1n) is 13.5. The Hall–Kier alpha value is -0.570. The van der Waals surface area contributed by atoms with Gasteiger partial charge in [-0.15, -0.1) is 0 Å². The molecule has 0 amide bonds. The van der Waals surface area contributed by atoms with Crippen LogP contribution in [0, 0.1) is 5.92 Å². The molecule has 0 aromatic heterocycles. The number of carbonyl (C=O) groups is 1. The number of hydrogen-bond donors (Lipinski definition) is 2. The van der Waals surface area contributed by atoms with Gasteiger partial charge in [-0.2, -0.15) is 0 Å². The van der Waals surface area contributed by atoms with Gasteiger partial charge in [-0.3, -0.25) is 4.79 Å². The first-order valence-corrected chi connectivity index (χ1v) is 13.5. The largest absolute Gasteiger partial charge is 0.481 e. The molecule has 2 N–H and O–H groups in total. The zero-order valence-electron chi connectivity index (χ0n) is 20.5. The van der Waals surface area contributed by atoms with Crippen LogP contribution in [-0.4, -0.2) is 22.3 Å². The Morgan fingerprint density at radius 3 is 1.17 bits per heavy atom. The highest BCUT2D eigenvalue weighted by Gasteiger charge is 2.25. The molecule has 0 saturated carbocycles. The van der Waals surface area contributed by atoms with Crippen molar-refractivity contribution in [3.63, 3.8) is 0 Å². The number of carboxylic acid groups (broad SMARTS) is 1. The molecular weight excluding hydrogens is 372 g/mol. The van der Waals surface area contributed by atoms with E-state index in [0.29, 0.717) is 12.8 Å². The molecule has 0 heterocycles. The number of aliphatic hydroxyl groups is 1. The molecule has 0 saturated heterocycles. The van der Waals surface area contributed by atoms with Crippen molar-refractivity contribution < 1.29 is 15.0 Å². The van der Waals surface area contributed by atoms with E-state index >= 15 is 0 Å². The minimum Gasteiger partial charge on any atom is -0.481 e. The SMILES string of the molecule is CCCCCCCCCCCCC[C@@H](O)[C@H](CCCCCCCCCCC)C(=O)O. The average Bonchev–Trinajstić information content (AvgIpc) is 2.73. The van der Waals surface area contributed by atoms with E-state index in [4.69, 9.17) is 0 Å². The van der Waals surface area contributed by atoms with Gasteiger partial charge in [-0.25, -0.2) is 0 Å². The summed E-state index contributed by atoms with van der Waals surface area (Å²) in [5, 5.41) is 19.8. The molecule has 0 aliphatic heterocycles. The normalized spacial score (nSPS) is 13.4. The standard InChI is InChI=1S/C27H54O3/c1-3-5-7-9-11-13-14-16-18-20-22-24-26(28)25(27(29)30)23-21-19-17-15-12-10-8-6-4-2/h25-26,28H,3-24H2,1-2H3,(H,29,30)/t25-,26+/m0/s1. The Morgan fingerprint density at radius 1 is 0.533 bits per heavy atom. The minimum atomic E-state index is -0.815. The molecule has 0 aromatic rings. The van der Waals surface area contributed by atoms with Crippen molar-refractivity contribution in [3.05, 3.63) is 0 Å². The lowest BCUT2D eigenvalue weighted by atomic mass is 9.91. The fraction of sp³-hybridized carbons (Fsp3) is 0.963. The Morgan fingerprint density at radius 2 is 0.833 bits per heavy atom. The molecule has 0 spiro atoms. The van der Waals surface area contributed by atoms with Gasteiger partial charge >= 0.3 is 5.97 Å². The van der Waals surface area contributed by atoms with Gasteiger partial charge in [0.05, 0.1) is 12.0 Å². The van der Waals surface area contributed by atoms with Gasteiger partial charge < -0.3 is 10.2 Å². The maximum absolute atomic E-state index is 11.5. The summed E-state index contributed by atoms with van der Waals surface area (Å²) in [4.78, 5) is 11.5. The maximum atomic E-state index is 11.5. The van der Waals surface area contributed by atoms with Crippen molar-refractivity contribution in [1.82, 2.24) is 0 Å². The molecule has 0 aliphatic carbocycles. The second-order valence-corrected chi connectivity index (χ2v) is 9.45. The van der Waals surface area contributed by atoms with Crippen molar-refractivity contribution in [2.24, 2.45) is 5.92 Å². The van der Waals surface area contributed by atoms with E-state index in [1.54, 1.807) is 0 Å². The maximum Gasteiger partial charge on any atom is 0.309 e. The molecule has 0 rings (SSSR count). The van der Waals surface area contributed by atoms with Crippen LogP contribution in [-0.2, 0) is 4.79 Å². The summed E-state index contributed by atoms with van der Waals surface area (Å²) in [6.07, 6.45) is 25.8. The molecule has 0 bridgehead atoms. The van der Waals surface area contributed by atoms with Crippen LogP contribution in [0.25, 0.3) is 0 Å². The van der Waals surface area contributed by atoms with Gasteiger partial charge in [0.2, 0.25) is 0 Å². The topological polar surface area (TPSA) is 57.5 Å². The summed E-state index contributed by atoms with van der Waals surface area (Å²) < 4.78 is 0. The fourth-order valence-electron chi connectivity index (χ4n) is 4.37. The van der Waals surface area contributed by atoms with E-state index in [0.717, 1.165) is 25.7 Å². The van der Waals surface area contributed by atoms with Crippen LogP contribution in [0.3, 0.4) is 0 Å². The molecule has 0 unspecified atom stereocenters. The molecular formula is C27H54O3. The third kappa shape index (κ3) is 19.4. The van der Waals surface area contributed by atoms with Gasteiger partial charge in [-0.05, 0) is 12.8 Å². The minimum absolute atomic E-state index is 0.572. The summed E-state index contributed by atoms with van der Waals surface area (Å²) >= 11 is 0. The lowest BCUT2D eigenvalue weighted by Gasteiger charge is -2.19. The van der Waals surface area contributed by atoms with Crippen LogP contribution >= 0.6 is 0 Å². The molecule has 0 aliphatic rings. The molecule has 0 aromatic carbocycles. The number of hydrogen-bond acceptors (Lipinski definition) is 2. The van der Waals surface area contributed by atoms with E-state index in [1.807, 2.05) is 0 Å². The summed E-state index contributed by atoms with van der Waals surface area (Å²) in [6.45, 7) is 4.50. The van der Waals surface area contributed by atoms with E-state index in [-0.39, 0.29) is 0 Å². The number of unbranched alkanes of at least 4 members (excludes halogenated alkanes) is 18. The van der Waals surface area contributed by atoms with Crippen molar-refractivity contribution in [2.45, 2.75) is 161 Å². The third-order valence-electron chi connectivity index (χ3n) is 6.50. The molecule has 0 fully saturated rings. The highest BCUT2D eigenvalue weighted by Crippen LogP contribution is 2.21. The third-order valence-corrected chi connectivity index (χ3v) is 6.50. The molecule has 0 radical (unpaired) electrons. The van der Waals surface area contributed by atoms with Gasteiger partial charge in [0.1, 0.15) is 0 Å². The smallest absolute Gasteiger partial charge is 0.309 e. The second-order valence-electron chi connectivity index (χ2n) is 9.45. The zero-order valence-corrected chi connectivity index (χ0v) is 20.5. The summed E-state index contributed by atoms with van der Waals surface area (Å²) in [7, 11) is 0. The molecule has 3 heteroatoms. The summed E-state index contributed by atoms with van der Waals surface area (Å²) in [6, 6.07) is 0. The van der Waals surface area contributed by atoms with Crippen LogP contribution < -0.4 is 0 Å². The van der Waals surface area contributed by atoms with Crippen LogP contribution in [0.4, 0.5) is 0 Å². The lowest BCUT2D eigenvalue weighted by Crippen LogP contribution is -2.28. The van der Waals surface area contributed by atoms with Crippen molar-refractivity contribution in [1.29, 1.82) is 0 Å². The van der Waals surface area contributed by atoms with Gasteiger partial charge in [0.25, 0.3) is 0 Å². The fourth-order valence-corrected chi connectivity index (χ4v) is 4.37. The number of aliphatic carboxylic acids is 1. The van der Waals surface area contributed by atoms with Crippen LogP contribution in [0.5, 0.6) is 0 Å². The molecule has 180 valence electrons. The van der Waals surface area contributed by atoms with Gasteiger partial charge in [0.15, 0.2) is 0 Å². The summed E-state index contributed by atoms with van der Waals surface area (Å²) in [5.41, 5.74) is 0. The second kappa shape index (κ2) is 23.1. The van der Waals surface area contributed by atoms with E-state index in [1.165, 1.54) is 103 Å². The van der Waals surface area contributed by atoms with Crippen LogP contribution in [0.2, 0.25) is 0 Å². The number of rotatable bonds is 24. The lowest BCUT2D eigenvalue weighted by molar-refractivity contribution is -0.146. The monoisotopic (exact) mass is 426 g/mol. The molecule has 30 heavy (non-hydrogen) atoms. The van der Waals surface area contributed by atoms with E-state index < -0.39 is 18.0 Å². The Balaban J connectivity index is 3.62. The predicted octanol–water partition coefficient (Wildman–Crippen LogP) is 8.67. The molecule has 3 nitrogen and oxygen atoms in total. The van der Waals surface area contributed by atoms with Gasteiger partial charge in [-0.1, -0.05) is 142 Å². The quantitative estimate of drug-likeness (QED) is 0.152. The Labute approximate surface area is 188 Å². The summed E-state index contributed by atoms with van der Waals surface area (Å²) in [5.74, 6) is -1.39. The van der Waals surface area contributed by atoms with E-state index in [9.17, 15) is 15.0 Å². The highest BCUT2D eigenvalue weighted by molar-refractivity contribution is 5.70. The first-order chi connectivity index (χ1) is 14.6. The Kier molecular flexibility index (Phi) is 22.7. The van der Waals surface area contributed by atoms with Crippen LogP contribution in [0.15, 0.2) is 0 Å². The van der Waals surface area contributed by atoms with Crippen molar-refractivity contribution >= 4 is 5.97 Å². The number of aliphatic hydroxyl groups excluding tert-OH is 1. The predicted molar refractivity (Wildman–Crippen MR) is 130 cm³/mol. The van der Waals surface area contributed by atoms with Crippen molar-refractivity contribution in [3.8, 4) is 0 Å². The van der Waals surface area contributed by atoms with Crippen molar-refractivity contribution in [2.75, 3.05) is 0 Å². The molecule has 2 atom stereocenters. The highest BCUT2D eigenvalue weighted by atomic mass is 16.4. The average molecular weight is 427 g/mol. The van der Waals surface area contributed by atoms with E-state index in [2.05, 4.69) is 13.8 Å². The van der Waals surface area contributed by atoms with Crippen LogP contribution in [0.1, 0.15) is 155 Å². The number of carboxylic acids is 1. The zero-order chi connectivity index (χ0) is 22.3. The first kappa shape index (κ1) is 29.4. The van der Waals surface area contributed by atoms with Gasteiger partial charge in [0, 0.05) is 0 Å².